The van der Waals surface area contributed by atoms with Crippen molar-refractivity contribution < 1.29 is 13.6 Å². The Morgan fingerprint density at radius 2 is 2.23 bits per heavy atom. The first-order chi connectivity index (χ1) is 5.83. The Kier molecular flexibility index (Phi) is 4.43. The lowest BCUT2D eigenvalue weighted by atomic mass is 10.2. The van der Waals surface area contributed by atoms with Crippen LogP contribution in [0.25, 0.3) is 0 Å². The fourth-order valence-corrected chi connectivity index (χ4v) is 1.97. The molecular weight excluding hydrogens is 187 g/mol. The first-order valence-electron chi connectivity index (χ1n) is 3.84. The van der Waals surface area contributed by atoms with Crippen molar-refractivity contribution in [3.63, 3.8) is 0 Å². The van der Waals surface area contributed by atoms with Crippen LogP contribution in [0, 0.1) is 12.3 Å². The number of hydrogen-bond donors (Lipinski definition) is 0. The van der Waals surface area contributed by atoms with Crippen molar-refractivity contribution in [1.82, 2.24) is 0 Å². The van der Waals surface area contributed by atoms with Crippen molar-refractivity contribution in [2.75, 3.05) is 13.3 Å². The molecule has 0 saturated carbocycles. The fraction of sp³-hybridized carbons (Fsp3) is 0.556. The van der Waals surface area contributed by atoms with Gasteiger partial charge in [0.2, 0.25) is 0 Å². The van der Waals surface area contributed by atoms with Gasteiger partial charge in [-0.2, -0.15) is 0 Å². The van der Waals surface area contributed by atoms with Crippen LogP contribution in [0.2, 0.25) is 0 Å². The van der Waals surface area contributed by atoms with E-state index in [0.717, 1.165) is 0 Å². The highest BCUT2D eigenvalue weighted by Gasteiger charge is 2.26. The molecule has 0 radical (unpaired) electrons. The Morgan fingerprint density at radius 1 is 1.69 bits per heavy atom. The van der Waals surface area contributed by atoms with Crippen molar-refractivity contribution in [3.8, 4) is 12.3 Å². The topological polar surface area (TPSA) is 35.5 Å². The fourth-order valence-electron chi connectivity index (χ4n) is 0.655. The molecule has 1 unspecified atom stereocenters. The smallest absolute Gasteiger partial charge is 0.305 e. The lowest BCUT2D eigenvalue weighted by Gasteiger charge is -2.23. The van der Waals surface area contributed by atoms with Gasteiger partial charge in [0.25, 0.3) is 0 Å². The van der Waals surface area contributed by atoms with E-state index in [9.17, 15) is 4.57 Å². The predicted octanol–water partition coefficient (Wildman–Crippen LogP) is 2.44. The molecule has 0 aliphatic heterocycles. The molecule has 0 fully saturated rings. The molecule has 0 amide bonds. The zero-order chi connectivity index (χ0) is 10.5. The minimum Gasteiger partial charge on any atom is -0.305 e. The van der Waals surface area contributed by atoms with Crippen molar-refractivity contribution >= 4 is 7.60 Å². The average molecular weight is 202 g/mol. The molecule has 3 nitrogen and oxygen atoms in total. The summed E-state index contributed by atoms with van der Waals surface area (Å²) in [6.45, 7) is 8.32. The maximum Gasteiger partial charge on any atom is 0.329 e. The number of rotatable bonds is 5. The van der Waals surface area contributed by atoms with Crippen LogP contribution in [0.4, 0.5) is 0 Å². The van der Waals surface area contributed by atoms with E-state index in [4.69, 9.17) is 15.5 Å². The van der Waals surface area contributed by atoms with Gasteiger partial charge in [-0.05, 0) is 13.8 Å². The van der Waals surface area contributed by atoms with Crippen LogP contribution in [0.1, 0.15) is 13.8 Å². The second-order valence-corrected chi connectivity index (χ2v) is 5.09. The van der Waals surface area contributed by atoms with Crippen LogP contribution in [-0.2, 0) is 13.6 Å². The second-order valence-electron chi connectivity index (χ2n) is 3.10. The molecule has 1 atom stereocenters. The van der Waals surface area contributed by atoms with Crippen LogP contribution in [0.15, 0.2) is 12.7 Å². The van der Waals surface area contributed by atoms with E-state index in [-0.39, 0.29) is 6.61 Å². The van der Waals surface area contributed by atoms with Crippen molar-refractivity contribution in [2.45, 2.75) is 19.4 Å². The van der Waals surface area contributed by atoms with Crippen LogP contribution < -0.4 is 0 Å². The van der Waals surface area contributed by atoms with Crippen LogP contribution in [0.5, 0.6) is 0 Å². The van der Waals surface area contributed by atoms with E-state index >= 15 is 0 Å². The maximum atomic E-state index is 11.6. The molecule has 0 aromatic rings. The van der Waals surface area contributed by atoms with E-state index in [1.54, 1.807) is 13.8 Å². The highest BCUT2D eigenvalue weighted by molar-refractivity contribution is 7.53. The number of terminal acetylenes is 1. The Bertz CT molecular complexity index is 263. The highest BCUT2D eigenvalue weighted by atomic mass is 31.2. The third-order valence-electron chi connectivity index (χ3n) is 1.17. The van der Waals surface area contributed by atoms with Gasteiger partial charge in [0.1, 0.15) is 5.60 Å². The normalized spacial score (nSPS) is 15.8. The maximum absolute atomic E-state index is 11.6. The lowest BCUT2D eigenvalue weighted by molar-refractivity contribution is 0.134. The Hall–Kier alpha value is -0.550. The van der Waals surface area contributed by atoms with Crippen molar-refractivity contribution in [2.24, 2.45) is 0 Å². The molecule has 0 spiro atoms. The van der Waals surface area contributed by atoms with Gasteiger partial charge >= 0.3 is 7.60 Å². The molecule has 0 N–H and O–H groups in total. The van der Waals surface area contributed by atoms with Gasteiger partial charge in [-0.15, -0.1) is 13.0 Å². The minimum atomic E-state index is -3.06. The van der Waals surface area contributed by atoms with Crippen molar-refractivity contribution in [3.05, 3.63) is 12.7 Å². The SMILES string of the molecule is C#CC(C)(C)OP(C)(=O)OCC=C. The molecule has 0 saturated heterocycles. The summed E-state index contributed by atoms with van der Waals surface area (Å²) in [5.41, 5.74) is -0.870. The van der Waals surface area contributed by atoms with E-state index < -0.39 is 13.2 Å². The molecular formula is C9H15O3P. The summed E-state index contributed by atoms with van der Waals surface area (Å²) in [6.07, 6.45) is 6.67. The third kappa shape index (κ3) is 5.65. The van der Waals surface area contributed by atoms with Gasteiger partial charge in [-0.1, -0.05) is 12.0 Å². The van der Waals surface area contributed by atoms with E-state index in [2.05, 4.69) is 12.5 Å². The van der Waals surface area contributed by atoms with Crippen LogP contribution >= 0.6 is 7.60 Å². The van der Waals surface area contributed by atoms with Crippen LogP contribution in [-0.4, -0.2) is 18.9 Å². The standard InChI is InChI=1S/C9H15O3P/c1-6-8-11-13(5,10)12-9(3,4)7-2/h2,6H,1,8H2,3-5H3. The summed E-state index contributed by atoms with van der Waals surface area (Å²) in [5, 5.41) is 0. The zero-order valence-electron chi connectivity index (χ0n) is 8.24. The van der Waals surface area contributed by atoms with E-state index in [1.807, 2.05) is 0 Å². The van der Waals surface area contributed by atoms with Gasteiger partial charge in [0.15, 0.2) is 0 Å². The first kappa shape index (κ1) is 12.4. The molecule has 0 rings (SSSR count). The van der Waals surface area contributed by atoms with Gasteiger partial charge in [0, 0.05) is 6.66 Å². The van der Waals surface area contributed by atoms with Gasteiger partial charge in [-0.25, -0.2) is 0 Å². The van der Waals surface area contributed by atoms with Gasteiger partial charge < -0.3 is 4.52 Å². The van der Waals surface area contributed by atoms with E-state index in [0.29, 0.717) is 0 Å². The largest absolute Gasteiger partial charge is 0.329 e. The molecule has 0 bridgehead atoms. The second kappa shape index (κ2) is 4.62. The predicted molar refractivity (Wildman–Crippen MR) is 53.7 cm³/mol. The zero-order valence-corrected chi connectivity index (χ0v) is 9.14. The molecule has 0 heterocycles. The summed E-state index contributed by atoms with van der Waals surface area (Å²) >= 11 is 0. The molecule has 0 aliphatic rings. The highest BCUT2D eigenvalue weighted by Crippen LogP contribution is 2.47. The van der Waals surface area contributed by atoms with Crippen molar-refractivity contribution in [1.29, 1.82) is 0 Å². The van der Waals surface area contributed by atoms with Crippen LogP contribution in [0.3, 0.4) is 0 Å². The summed E-state index contributed by atoms with van der Waals surface area (Å²) in [7, 11) is -3.06. The minimum absolute atomic E-state index is 0.189. The lowest BCUT2D eigenvalue weighted by Crippen LogP contribution is -2.20. The molecule has 13 heavy (non-hydrogen) atoms. The molecule has 74 valence electrons. The van der Waals surface area contributed by atoms with E-state index in [1.165, 1.54) is 12.7 Å². The molecule has 0 aromatic heterocycles. The summed E-state index contributed by atoms with van der Waals surface area (Å²) in [5.74, 6) is 2.37. The number of hydrogen-bond acceptors (Lipinski definition) is 3. The monoisotopic (exact) mass is 202 g/mol. The molecule has 0 aliphatic carbocycles. The summed E-state index contributed by atoms with van der Waals surface area (Å²) in [4.78, 5) is 0. The Balaban J connectivity index is 4.26. The summed E-state index contributed by atoms with van der Waals surface area (Å²) < 4.78 is 21.6. The Morgan fingerprint density at radius 3 is 2.62 bits per heavy atom. The molecule has 4 heteroatoms. The third-order valence-corrected chi connectivity index (χ3v) is 2.57. The quantitative estimate of drug-likeness (QED) is 0.390. The summed E-state index contributed by atoms with van der Waals surface area (Å²) in [6, 6.07) is 0. The molecule has 0 aromatic carbocycles. The Labute approximate surface area is 79.7 Å². The first-order valence-corrected chi connectivity index (χ1v) is 5.83. The van der Waals surface area contributed by atoms with Gasteiger partial charge in [0.05, 0.1) is 6.61 Å². The van der Waals surface area contributed by atoms with Gasteiger partial charge in [-0.3, -0.25) is 9.09 Å². The average Bonchev–Trinajstić information content (AvgIpc) is 1.99.